The van der Waals surface area contributed by atoms with Gasteiger partial charge in [-0.05, 0) is 19.1 Å². The van der Waals surface area contributed by atoms with Crippen LogP contribution in [0.3, 0.4) is 0 Å². The number of rotatable bonds is 10. The number of ether oxygens (including phenoxy) is 2. The molecule has 2 amide bonds. The molecule has 0 aliphatic carbocycles. The van der Waals surface area contributed by atoms with Crippen LogP contribution in [-0.2, 0) is 22.5 Å². The van der Waals surface area contributed by atoms with Crippen LogP contribution in [0, 0.1) is 6.92 Å². The Morgan fingerprint density at radius 3 is 2.90 bits per heavy atom. The van der Waals surface area contributed by atoms with E-state index in [4.69, 9.17) is 13.9 Å². The molecule has 0 unspecified atom stereocenters. The molecule has 0 spiro atoms. The lowest BCUT2D eigenvalue weighted by molar-refractivity contribution is -0.120. The van der Waals surface area contributed by atoms with E-state index in [1.165, 1.54) is 17.6 Å². The van der Waals surface area contributed by atoms with Gasteiger partial charge in [-0.2, -0.15) is 0 Å². The number of hydrogen-bond acceptors (Lipinski definition) is 8. The number of carbonyl (C=O) groups is 2. The van der Waals surface area contributed by atoms with Gasteiger partial charge in [0.25, 0.3) is 5.91 Å². The van der Waals surface area contributed by atoms with Gasteiger partial charge < -0.3 is 19.2 Å². The van der Waals surface area contributed by atoms with E-state index < -0.39 is 0 Å². The molecule has 0 saturated carbocycles. The summed E-state index contributed by atoms with van der Waals surface area (Å²) in [6, 6.07) is 5.21. The van der Waals surface area contributed by atoms with E-state index in [1.54, 1.807) is 37.7 Å². The molecule has 3 aromatic rings. The monoisotopic (exact) mass is 430 g/mol. The number of anilines is 1. The summed E-state index contributed by atoms with van der Waals surface area (Å²) in [5.74, 6) is 0.493. The Morgan fingerprint density at radius 2 is 2.13 bits per heavy atom. The minimum Gasteiger partial charge on any atom is -0.475 e. The number of amides is 2. The van der Waals surface area contributed by atoms with Crippen LogP contribution in [0.5, 0.6) is 5.88 Å². The Balaban J connectivity index is 1.50. The molecule has 0 aromatic carbocycles. The van der Waals surface area contributed by atoms with E-state index in [-0.39, 0.29) is 24.8 Å². The van der Waals surface area contributed by atoms with Crippen LogP contribution >= 0.6 is 11.3 Å². The summed E-state index contributed by atoms with van der Waals surface area (Å²) in [7, 11) is 1.59. The lowest BCUT2D eigenvalue weighted by atomic mass is 10.2. The quantitative estimate of drug-likeness (QED) is 0.475. The van der Waals surface area contributed by atoms with E-state index in [0.717, 1.165) is 5.56 Å². The summed E-state index contributed by atoms with van der Waals surface area (Å²) < 4.78 is 15.7. The highest BCUT2D eigenvalue weighted by Gasteiger charge is 2.15. The number of carbonyl (C=O) groups excluding carboxylic acids is 2. The Kier molecular flexibility index (Phi) is 7.52. The lowest BCUT2D eigenvalue weighted by Crippen LogP contribution is -2.25. The maximum Gasteiger partial charge on any atom is 0.260 e. The number of thiazole rings is 1. The predicted molar refractivity (Wildman–Crippen MR) is 111 cm³/mol. The molecule has 2 N–H and O–H groups in total. The Hall–Kier alpha value is -3.24. The molecule has 0 saturated heterocycles. The largest absolute Gasteiger partial charge is 0.475 e. The minimum atomic E-state index is -0.302. The van der Waals surface area contributed by atoms with Crippen molar-refractivity contribution in [3.05, 3.63) is 58.6 Å². The first kappa shape index (κ1) is 21.5. The van der Waals surface area contributed by atoms with Crippen molar-refractivity contribution in [2.75, 3.05) is 25.6 Å². The van der Waals surface area contributed by atoms with Crippen LogP contribution in [0.2, 0.25) is 0 Å². The average Bonchev–Trinajstić information content (AvgIpc) is 3.36. The number of nitrogens with one attached hydrogen (secondary N) is 2. The number of methoxy groups -OCH3 is 1. The maximum absolute atomic E-state index is 12.3. The third-order valence-corrected chi connectivity index (χ3v) is 4.88. The molecule has 9 nitrogen and oxygen atoms in total. The average molecular weight is 430 g/mol. The second-order valence-corrected chi connectivity index (χ2v) is 7.11. The number of pyridine rings is 1. The molecule has 0 aliphatic heterocycles. The van der Waals surface area contributed by atoms with Crippen molar-refractivity contribution < 1.29 is 23.5 Å². The predicted octanol–water partition coefficient (Wildman–Crippen LogP) is 2.58. The standard InChI is InChI=1S/C20H22N4O5S/c1-13-16(5-7-28-13)18(26)24-20-23-15(12-30-20)10-17(25)22-11-14-4-3-6-21-19(14)29-9-8-27-2/h3-7,12H,8-11H2,1-2H3,(H,22,25)(H,23,24,26). The van der Waals surface area contributed by atoms with Crippen molar-refractivity contribution in [3.63, 3.8) is 0 Å². The highest BCUT2D eigenvalue weighted by atomic mass is 32.1. The van der Waals surface area contributed by atoms with Crippen LogP contribution in [0.15, 0.2) is 40.5 Å². The van der Waals surface area contributed by atoms with Crippen molar-refractivity contribution in [1.29, 1.82) is 0 Å². The zero-order chi connectivity index (χ0) is 21.3. The highest BCUT2D eigenvalue weighted by Crippen LogP contribution is 2.19. The van der Waals surface area contributed by atoms with E-state index >= 15 is 0 Å². The van der Waals surface area contributed by atoms with E-state index in [0.29, 0.717) is 41.2 Å². The first-order valence-corrected chi connectivity index (χ1v) is 10.1. The minimum absolute atomic E-state index is 0.0945. The summed E-state index contributed by atoms with van der Waals surface area (Å²) >= 11 is 1.26. The smallest absolute Gasteiger partial charge is 0.260 e. The Bertz CT molecular complexity index is 1000. The van der Waals surface area contributed by atoms with Gasteiger partial charge in [0.15, 0.2) is 5.13 Å². The normalized spacial score (nSPS) is 10.6. The third-order valence-electron chi connectivity index (χ3n) is 4.07. The SMILES string of the molecule is COCCOc1ncccc1CNC(=O)Cc1csc(NC(=O)c2ccoc2C)n1. The zero-order valence-corrected chi connectivity index (χ0v) is 17.5. The molecule has 0 aliphatic rings. The topological polar surface area (TPSA) is 116 Å². The van der Waals surface area contributed by atoms with Crippen LogP contribution in [0.1, 0.15) is 27.4 Å². The van der Waals surface area contributed by atoms with E-state index in [1.807, 2.05) is 6.07 Å². The number of aromatic nitrogens is 2. The molecule has 0 radical (unpaired) electrons. The summed E-state index contributed by atoms with van der Waals surface area (Å²) in [5.41, 5.74) is 1.78. The summed E-state index contributed by atoms with van der Waals surface area (Å²) in [5, 5.41) is 7.70. The fourth-order valence-corrected chi connectivity index (χ4v) is 3.27. The second-order valence-electron chi connectivity index (χ2n) is 6.25. The van der Waals surface area contributed by atoms with E-state index in [2.05, 4.69) is 20.6 Å². The molecule has 158 valence electrons. The lowest BCUT2D eigenvalue weighted by Gasteiger charge is -2.10. The molecule has 30 heavy (non-hydrogen) atoms. The number of hydrogen-bond donors (Lipinski definition) is 2. The van der Waals surface area contributed by atoms with Crippen molar-refractivity contribution >= 4 is 28.3 Å². The molecule has 3 rings (SSSR count). The van der Waals surface area contributed by atoms with Gasteiger partial charge in [-0.3, -0.25) is 14.9 Å². The van der Waals surface area contributed by atoms with Crippen LogP contribution < -0.4 is 15.4 Å². The van der Waals surface area contributed by atoms with Gasteiger partial charge in [0.2, 0.25) is 11.8 Å². The van der Waals surface area contributed by atoms with Gasteiger partial charge in [-0.1, -0.05) is 6.07 Å². The van der Waals surface area contributed by atoms with Gasteiger partial charge in [0, 0.05) is 30.8 Å². The van der Waals surface area contributed by atoms with Gasteiger partial charge in [0.05, 0.1) is 30.5 Å². The van der Waals surface area contributed by atoms with Crippen molar-refractivity contribution in [3.8, 4) is 5.88 Å². The van der Waals surface area contributed by atoms with Crippen LogP contribution in [0.25, 0.3) is 0 Å². The van der Waals surface area contributed by atoms with Crippen LogP contribution in [-0.4, -0.2) is 42.1 Å². The highest BCUT2D eigenvalue weighted by molar-refractivity contribution is 7.14. The van der Waals surface area contributed by atoms with Crippen molar-refractivity contribution in [1.82, 2.24) is 15.3 Å². The maximum atomic E-state index is 12.3. The van der Waals surface area contributed by atoms with Gasteiger partial charge >= 0.3 is 0 Å². The fraction of sp³-hybridized carbons (Fsp3) is 0.300. The number of aryl methyl sites for hydroxylation is 1. The van der Waals surface area contributed by atoms with Gasteiger partial charge in [0.1, 0.15) is 12.4 Å². The third kappa shape index (κ3) is 5.88. The molecule has 0 fully saturated rings. The van der Waals surface area contributed by atoms with E-state index in [9.17, 15) is 9.59 Å². The molecule has 0 bridgehead atoms. The van der Waals surface area contributed by atoms with Gasteiger partial charge in [-0.15, -0.1) is 11.3 Å². The van der Waals surface area contributed by atoms with Crippen LogP contribution in [0.4, 0.5) is 5.13 Å². The molecular formula is C20H22N4O5S. The molecule has 0 atom stereocenters. The summed E-state index contributed by atoms with van der Waals surface area (Å²) in [6.45, 7) is 2.82. The summed E-state index contributed by atoms with van der Waals surface area (Å²) in [6.07, 6.45) is 3.18. The molecule has 3 heterocycles. The first-order valence-electron chi connectivity index (χ1n) is 9.19. The zero-order valence-electron chi connectivity index (χ0n) is 16.6. The van der Waals surface area contributed by atoms with Crippen molar-refractivity contribution in [2.45, 2.75) is 19.9 Å². The summed E-state index contributed by atoms with van der Waals surface area (Å²) in [4.78, 5) is 33.0. The van der Waals surface area contributed by atoms with Gasteiger partial charge in [-0.25, -0.2) is 9.97 Å². The first-order chi connectivity index (χ1) is 14.6. The molecule has 10 heteroatoms. The second kappa shape index (κ2) is 10.5. The number of furan rings is 1. The Labute approximate surface area is 177 Å². The Morgan fingerprint density at radius 1 is 1.27 bits per heavy atom. The fourth-order valence-electron chi connectivity index (χ4n) is 2.56. The number of nitrogens with zero attached hydrogens (tertiary/aromatic N) is 2. The molecular weight excluding hydrogens is 408 g/mol. The molecule has 3 aromatic heterocycles. The van der Waals surface area contributed by atoms with Crippen molar-refractivity contribution in [2.24, 2.45) is 0 Å².